The van der Waals surface area contributed by atoms with Crippen LogP contribution >= 0.6 is 11.3 Å². The Morgan fingerprint density at radius 3 is 2.24 bits per heavy atom. The maximum Gasteiger partial charge on any atom is 0.313 e. The molecule has 1 aliphatic carbocycles. The Balaban J connectivity index is 1.62. The average molecular weight is 415 g/mol. The first-order chi connectivity index (χ1) is 13.8. The van der Waals surface area contributed by atoms with E-state index in [1.54, 1.807) is 18.3 Å². The maximum absolute atomic E-state index is 12.4. The summed E-state index contributed by atoms with van der Waals surface area (Å²) in [6.07, 6.45) is 3.67. The molecule has 3 N–H and O–H groups in total. The van der Waals surface area contributed by atoms with Gasteiger partial charge in [0.1, 0.15) is 0 Å². The third kappa shape index (κ3) is 5.06. The summed E-state index contributed by atoms with van der Waals surface area (Å²) in [4.78, 5) is 26.8. The fourth-order valence-corrected chi connectivity index (χ4v) is 5.08. The van der Waals surface area contributed by atoms with Gasteiger partial charge in [-0.05, 0) is 55.5 Å². The van der Waals surface area contributed by atoms with E-state index in [1.165, 1.54) is 10.4 Å². The fourth-order valence-electron chi connectivity index (χ4n) is 3.89. The summed E-state index contributed by atoms with van der Waals surface area (Å²) in [5.74, 6) is -0.847. The van der Waals surface area contributed by atoms with Crippen molar-refractivity contribution in [3.63, 3.8) is 0 Å². The van der Waals surface area contributed by atoms with E-state index >= 15 is 0 Å². The van der Waals surface area contributed by atoms with Crippen LogP contribution in [0.2, 0.25) is 0 Å². The molecule has 2 amide bonds. The summed E-state index contributed by atoms with van der Waals surface area (Å²) in [6.45, 7) is 6.41. The summed E-state index contributed by atoms with van der Waals surface area (Å²) in [7, 11) is 0. The molecule has 156 valence electrons. The molecule has 1 saturated carbocycles. The minimum absolute atomic E-state index is 0.146. The maximum atomic E-state index is 12.4. The predicted octanol–water partition coefficient (Wildman–Crippen LogP) is 4.49. The molecule has 1 aromatic carbocycles. The lowest BCUT2D eigenvalue weighted by molar-refractivity contribution is -0.136. The topological polar surface area (TPSA) is 78.4 Å². The molecule has 3 rings (SSSR count). The van der Waals surface area contributed by atoms with E-state index in [-0.39, 0.29) is 5.41 Å². The largest absolute Gasteiger partial charge is 0.388 e. The number of thiophene rings is 1. The highest BCUT2D eigenvalue weighted by molar-refractivity contribution is 7.12. The van der Waals surface area contributed by atoms with E-state index in [4.69, 9.17) is 0 Å². The zero-order chi connectivity index (χ0) is 21.0. The summed E-state index contributed by atoms with van der Waals surface area (Å²) in [5, 5.41) is 15.3. The van der Waals surface area contributed by atoms with Crippen molar-refractivity contribution in [2.45, 2.75) is 63.9 Å². The molecule has 0 bridgehead atoms. The zero-order valence-electron chi connectivity index (χ0n) is 17.3. The van der Waals surface area contributed by atoms with Gasteiger partial charge in [0.15, 0.2) is 0 Å². The van der Waals surface area contributed by atoms with E-state index in [1.807, 2.05) is 30.3 Å². The van der Waals surface area contributed by atoms with Crippen LogP contribution in [0.15, 0.2) is 36.4 Å². The standard InChI is InChI=1S/C23H30N2O3S/c1-15(2)17-6-8-18(9-7-17)25-22(28)21(27)24-14-23(12-4-5-13-23)20-11-10-19(29-20)16(3)26/h6-11,15-16,26H,4-5,12-14H2,1-3H3,(H,24,27)(H,25,28). The number of benzene rings is 1. The van der Waals surface area contributed by atoms with Crippen LogP contribution in [0, 0.1) is 0 Å². The van der Waals surface area contributed by atoms with Crippen molar-refractivity contribution in [1.29, 1.82) is 0 Å². The van der Waals surface area contributed by atoms with Gasteiger partial charge in [-0.2, -0.15) is 0 Å². The summed E-state index contributed by atoms with van der Waals surface area (Å²) in [5.41, 5.74) is 1.65. The SMILES string of the molecule is CC(C)c1ccc(NC(=O)C(=O)NCC2(c3ccc(C(C)O)s3)CCCC2)cc1. The van der Waals surface area contributed by atoms with Gasteiger partial charge in [0.2, 0.25) is 0 Å². The molecule has 2 aromatic rings. The lowest BCUT2D eigenvalue weighted by Crippen LogP contribution is -2.43. The predicted molar refractivity (Wildman–Crippen MR) is 117 cm³/mol. The summed E-state index contributed by atoms with van der Waals surface area (Å²) < 4.78 is 0. The average Bonchev–Trinajstić information content (AvgIpc) is 3.37. The molecule has 6 heteroatoms. The highest BCUT2D eigenvalue weighted by Crippen LogP contribution is 2.44. The Hall–Kier alpha value is -2.18. The molecule has 1 aliphatic rings. The molecule has 0 radical (unpaired) electrons. The van der Waals surface area contributed by atoms with E-state index in [0.717, 1.165) is 30.6 Å². The Labute approximate surface area is 176 Å². The van der Waals surface area contributed by atoms with Gasteiger partial charge in [-0.3, -0.25) is 9.59 Å². The van der Waals surface area contributed by atoms with Crippen molar-refractivity contribution in [1.82, 2.24) is 5.32 Å². The highest BCUT2D eigenvalue weighted by atomic mass is 32.1. The van der Waals surface area contributed by atoms with Crippen LogP contribution in [-0.2, 0) is 15.0 Å². The number of amides is 2. The van der Waals surface area contributed by atoms with Crippen LogP contribution in [0.5, 0.6) is 0 Å². The van der Waals surface area contributed by atoms with Crippen LogP contribution in [0.25, 0.3) is 0 Å². The lowest BCUT2D eigenvalue weighted by atomic mass is 9.84. The molecule has 29 heavy (non-hydrogen) atoms. The minimum atomic E-state index is -0.647. The van der Waals surface area contributed by atoms with Crippen molar-refractivity contribution < 1.29 is 14.7 Å². The van der Waals surface area contributed by atoms with Gasteiger partial charge in [0.25, 0.3) is 0 Å². The van der Waals surface area contributed by atoms with Crippen LogP contribution in [-0.4, -0.2) is 23.5 Å². The molecule has 1 atom stereocenters. The first kappa shape index (κ1) is 21.5. The second-order valence-corrected chi connectivity index (χ2v) is 9.39. The number of hydrogen-bond acceptors (Lipinski definition) is 4. The molecule has 1 unspecified atom stereocenters. The third-order valence-corrected chi connectivity index (χ3v) is 7.25. The second kappa shape index (κ2) is 9.09. The first-order valence-electron chi connectivity index (χ1n) is 10.3. The van der Waals surface area contributed by atoms with Gasteiger partial charge >= 0.3 is 11.8 Å². The smallest absolute Gasteiger partial charge is 0.313 e. The number of nitrogens with one attached hydrogen (secondary N) is 2. The van der Waals surface area contributed by atoms with Crippen LogP contribution in [0.1, 0.15) is 73.8 Å². The Morgan fingerprint density at radius 2 is 1.69 bits per heavy atom. The number of aliphatic hydroxyl groups is 1. The Morgan fingerprint density at radius 1 is 1.03 bits per heavy atom. The molecular formula is C23H30N2O3S. The summed E-state index contributed by atoms with van der Waals surface area (Å²) >= 11 is 1.60. The molecular weight excluding hydrogens is 384 g/mol. The second-order valence-electron chi connectivity index (χ2n) is 8.28. The van der Waals surface area contributed by atoms with Gasteiger partial charge in [0.05, 0.1) is 6.10 Å². The van der Waals surface area contributed by atoms with Gasteiger partial charge in [-0.1, -0.05) is 38.8 Å². The molecule has 1 fully saturated rings. The van der Waals surface area contributed by atoms with Gasteiger partial charge in [-0.25, -0.2) is 0 Å². The molecule has 1 aromatic heterocycles. The number of rotatable bonds is 6. The molecule has 0 saturated heterocycles. The monoisotopic (exact) mass is 414 g/mol. The van der Waals surface area contributed by atoms with E-state index in [9.17, 15) is 14.7 Å². The quantitative estimate of drug-likeness (QED) is 0.609. The van der Waals surface area contributed by atoms with Crippen LogP contribution in [0.4, 0.5) is 5.69 Å². The van der Waals surface area contributed by atoms with Crippen LogP contribution in [0.3, 0.4) is 0 Å². The highest BCUT2D eigenvalue weighted by Gasteiger charge is 2.37. The number of hydrogen-bond donors (Lipinski definition) is 3. The normalized spacial score (nSPS) is 16.6. The minimum Gasteiger partial charge on any atom is -0.388 e. The van der Waals surface area contributed by atoms with E-state index in [0.29, 0.717) is 18.2 Å². The molecule has 5 nitrogen and oxygen atoms in total. The molecule has 1 heterocycles. The van der Waals surface area contributed by atoms with Crippen molar-refractivity contribution >= 4 is 28.8 Å². The lowest BCUT2D eigenvalue weighted by Gasteiger charge is -2.28. The number of anilines is 1. The third-order valence-electron chi connectivity index (χ3n) is 5.75. The van der Waals surface area contributed by atoms with Crippen molar-refractivity contribution in [3.05, 3.63) is 51.7 Å². The van der Waals surface area contributed by atoms with Gasteiger partial charge in [0, 0.05) is 27.4 Å². The van der Waals surface area contributed by atoms with Crippen molar-refractivity contribution in [2.24, 2.45) is 0 Å². The Kier molecular flexibility index (Phi) is 6.75. The van der Waals surface area contributed by atoms with Crippen molar-refractivity contribution in [2.75, 3.05) is 11.9 Å². The van der Waals surface area contributed by atoms with E-state index in [2.05, 4.69) is 30.5 Å². The summed E-state index contributed by atoms with van der Waals surface area (Å²) in [6, 6.07) is 11.6. The fraction of sp³-hybridized carbons (Fsp3) is 0.478. The van der Waals surface area contributed by atoms with E-state index < -0.39 is 17.9 Å². The zero-order valence-corrected chi connectivity index (χ0v) is 18.1. The van der Waals surface area contributed by atoms with Crippen molar-refractivity contribution in [3.8, 4) is 0 Å². The van der Waals surface area contributed by atoms with Gasteiger partial charge in [-0.15, -0.1) is 11.3 Å². The number of carbonyl (C=O) groups excluding carboxylic acids is 2. The number of carbonyl (C=O) groups is 2. The number of aliphatic hydroxyl groups excluding tert-OH is 1. The first-order valence-corrected chi connectivity index (χ1v) is 11.1. The Bertz CT molecular complexity index is 849. The van der Waals surface area contributed by atoms with Crippen LogP contribution < -0.4 is 10.6 Å². The van der Waals surface area contributed by atoms with Gasteiger partial charge < -0.3 is 15.7 Å². The molecule has 0 spiro atoms. The molecule has 0 aliphatic heterocycles.